The van der Waals surface area contributed by atoms with Crippen LogP contribution in [0.4, 0.5) is 0 Å². The minimum Gasteiger partial charge on any atom is -0.363 e. The molecule has 1 aliphatic rings. The number of aryl methyl sites for hydroxylation is 1. The van der Waals surface area contributed by atoms with E-state index in [-0.39, 0.29) is 5.91 Å². The largest absolute Gasteiger partial charge is 0.363 e. The molecule has 0 aliphatic carbocycles. The van der Waals surface area contributed by atoms with Crippen LogP contribution in [0, 0.1) is 0 Å². The minimum atomic E-state index is -0.758. The van der Waals surface area contributed by atoms with E-state index in [9.17, 15) is 4.79 Å². The number of benzene rings is 1. The van der Waals surface area contributed by atoms with Crippen LogP contribution in [0.2, 0.25) is 0 Å². The lowest BCUT2D eigenvalue weighted by atomic mass is 10.0. The van der Waals surface area contributed by atoms with Crippen LogP contribution in [-0.2, 0) is 23.1 Å². The van der Waals surface area contributed by atoms with Crippen LogP contribution >= 0.6 is 0 Å². The summed E-state index contributed by atoms with van der Waals surface area (Å²) in [5.41, 5.74) is 1.78. The number of ether oxygens (including phenoxy) is 1. The zero-order valence-electron chi connectivity index (χ0n) is 14.4. The normalized spacial score (nSPS) is 22.4. The number of carbonyl (C=O) groups excluding carboxylic acids is 1. The average Bonchev–Trinajstić information content (AvgIpc) is 2.83. The standard InChI is InChI=1S/C18H25N3O2/c1-18(17(22)19(2)3)13-21(9-10-23-18)12-14-11-20(4)16-8-6-5-7-15(14)16/h5-8,11H,9-10,12-13H2,1-4H3/t18-/m0/s1. The molecule has 1 aromatic heterocycles. The Morgan fingerprint density at radius 3 is 2.83 bits per heavy atom. The van der Waals surface area contributed by atoms with E-state index in [2.05, 4.69) is 47.0 Å². The van der Waals surface area contributed by atoms with E-state index in [1.165, 1.54) is 16.5 Å². The molecule has 5 nitrogen and oxygen atoms in total. The molecular weight excluding hydrogens is 290 g/mol. The van der Waals surface area contributed by atoms with Crippen molar-refractivity contribution in [2.75, 3.05) is 33.8 Å². The lowest BCUT2D eigenvalue weighted by molar-refractivity contribution is -0.165. The zero-order valence-corrected chi connectivity index (χ0v) is 14.4. The number of rotatable bonds is 3. The number of aromatic nitrogens is 1. The Bertz CT molecular complexity index is 722. The summed E-state index contributed by atoms with van der Waals surface area (Å²) in [7, 11) is 5.63. The fraction of sp³-hybridized carbons (Fsp3) is 0.500. The molecule has 2 aromatic rings. The average molecular weight is 315 g/mol. The fourth-order valence-corrected chi connectivity index (χ4v) is 3.48. The lowest BCUT2D eigenvalue weighted by Gasteiger charge is -2.40. The molecule has 0 spiro atoms. The highest BCUT2D eigenvalue weighted by atomic mass is 16.5. The monoisotopic (exact) mass is 315 g/mol. The van der Waals surface area contributed by atoms with Crippen LogP contribution in [0.25, 0.3) is 10.9 Å². The molecule has 1 aliphatic heterocycles. The molecule has 0 bridgehead atoms. The van der Waals surface area contributed by atoms with Gasteiger partial charge in [0.05, 0.1) is 6.61 Å². The van der Waals surface area contributed by atoms with Crippen molar-refractivity contribution >= 4 is 16.8 Å². The number of nitrogens with zero attached hydrogens (tertiary/aromatic N) is 3. The molecule has 1 amide bonds. The van der Waals surface area contributed by atoms with E-state index in [0.717, 1.165) is 13.1 Å². The van der Waals surface area contributed by atoms with E-state index >= 15 is 0 Å². The molecule has 0 unspecified atom stereocenters. The first-order valence-electron chi connectivity index (χ1n) is 8.02. The molecule has 0 saturated carbocycles. The second-order valence-electron chi connectivity index (χ2n) is 6.77. The van der Waals surface area contributed by atoms with E-state index in [1.54, 1.807) is 19.0 Å². The van der Waals surface area contributed by atoms with Gasteiger partial charge in [0.25, 0.3) is 5.91 Å². The van der Waals surface area contributed by atoms with Gasteiger partial charge in [0.1, 0.15) is 0 Å². The Hall–Kier alpha value is -1.85. The Labute approximate surface area is 137 Å². The van der Waals surface area contributed by atoms with Gasteiger partial charge in [-0.2, -0.15) is 0 Å². The Kier molecular flexibility index (Phi) is 4.17. The summed E-state index contributed by atoms with van der Waals surface area (Å²) in [4.78, 5) is 16.3. The first-order chi connectivity index (χ1) is 10.9. The molecule has 5 heteroatoms. The maximum atomic E-state index is 12.4. The number of hydrogen-bond donors (Lipinski definition) is 0. The van der Waals surface area contributed by atoms with Crippen LogP contribution in [-0.4, -0.2) is 59.7 Å². The predicted octanol–water partition coefficient (Wildman–Crippen LogP) is 1.86. The predicted molar refractivity (Wildman–Crippen MR) is 91.2 cm³/mol. The molecular formula is C18H25N3O2. The van der Waals surface area contributed by atoms with Gasteiger partial charge in [-0.15, -0.1) is 0 Å². The van der Waals surface area contributed by atoms with Crippen LogP contribution in [0.3, 0.4) is 0 Å². The fourth-order valence-electron chi connectivity index (χ4n) is 3.48. The maximum absolute atomic E-state index is 12.4. The SMILES string of the molecule is CN(C)C(=O)[C@]1(C)CN(Cc2cn(C)c3ccccc23)CCO1. The van der Waals surface area contributed by atoms with Crippen LogP contribution in [0.1, 0.15) is 12.5 Å². The molecule has 1 saturated heterocycles. The summed E-state index contributed by atoms with van der Waals surface area (Å²) >= 11 is 0. The number of para-hydroxylation sites is 1. The van der Waals surface area contributed by atoms with Crippen molar-refractivity contribution in [2.24, 2.45) is 7.05 Å². The number of likely N-dealkylation sites (N-methyl/N-ethyl adjacent to an activating group) is 1. The van der Waals surface area contributed by atoms with Crippen molar-refractivity contribution < 1.29 is 9.53 Å². The van der Waals surface area contributed by atoms with Gasteiger partial charge >= 0.3 is 0 Å². The number of carbonyl (C=O) groups is 1. The van der Waals surface area contributed by atoms with E-state index in [1.807, 2.05) is 6.92 Å². The van der Waals surface area contributed by atoms with Crippen LogP contribution in [0.5, 0.6) is 0 Å². The van der Waals surface area contributed by atoms with Crippen LogP contribution in [0.15, 0.2) is 30.5 Å². The summed E-state index contributed by atoms with van der Waals surface area (Å²) in [6, 6.07) is 8.44. The molecule has 2 heterocycles. The van der Waals surface area contributed by atoms with Gasteiger partial charge in [0.15, 0.2) is 5.60 Å². The Morgan fingerprint density at radius 1 is 1.35 bits per heavy atom. The molecule has 3 rings (SSSR count). The van der Waals surface area contributed by atoms with Gasteiger partial charge in [0.2, 0.25) is 0 Å². The van der Waals surface area contributed by atoms with Gasteiger partial charge < -0.3 is 14.2 Å². The smallest absolute Gasteiger partial charge is 0.255 e. The van der Waals surface area contributed by atoms with Crippen LogP contribution < -0.4 is 0 Å². The molecule has 1 aromatic carbocycles. The van der Waals surface area contributed by atoms with Gasteiger partial charge in [-0.3, -0.25) is 9.69 Å². The second kappa shape index (κ2) is 5.98. The van der Waals surface area contributed by atoms with Gasteiger partial charge in [0, 0.05) is 57.9 Å². The highest BCUT2D eigenvalue weighted by Crippen LogP contribution is 2.25. The van der Waals surface area contributed by atoms with Crippen molar-refractivity contribution in [1.29, 1.82) is 0 Å². The topological polar surface area (TPSA) is 37.7 Å². The molecule has 0 radical (unpaired) electrons. The van der Waals surface area contributed by atoms with Crippen molar-refractivity contribution in [1.82, 2.24) is 14.4 Å². The third-order valence-electron chi connectivity index (χ3n) is 4.59. The zero-order chi connectivity index (χ0) is 16.6. The molecule has 1 fully saturated rings. The van der Waals surface area contributed by atoms with E-state index < -0.39 is 5.60 Å². The quantitative estimate of drug-likeness (QED) is 0.868. The third-order valence-corrected chi connectivity index (χ3v) is 4.59. The Balaban J connectivity index is 1.81. The first-order valence-corrected chi connectivity index (χ1v) is 8.02. The number of hydrogen-bond acceptors (Lipinski definition) is 3. The van der Waals surface area contributed by atoms with Crippen molar-refractivity contribution in [3.63, 3.8) is 0 Å². The van der Waals surface area contributed by atoms with E-state index in [0.29, 0.717) is 13.2 Å². The van der Waals surface area contributed by atoms with Crippen molar-refractivity contribution in [2.45, 2.75) is 19.1 Å². The van der Waals surface area contributed by atoms with Crippen molar-refractivity contribution in [3.8, 4) is 0 Å². The number of amides is 1. The number of fused-ring (bicyclic) bond motifs is 1. The molecule has 0 N–H and O–H groups in total. The molecule has 23 heavy (non-hydrogen) atoms. The first kappa shape index (κ1) is 16.0. The summed E-state index contributed by atoms with van der Waals surface area (Å²) in [5, 5.41) is 1.28. The summed E-state index contributed by atoms with van der Waals surface area (Å²) in [6.07, 6.45) is 2.19. The van der Waals surface area contributed by atoms with Crippen molar-refractivity contribution in [3.05, 3.63) is 36.0 Å². The highest BCUT2D eigenvalue weighted by molar-refractivity contribution is 5.85. The summed E-state index contributed by atoms with van der Waals surface area (Å²) < 4.78 is 7.97. The van der Waals surface area contributed by atoms with E-state index in [4.69, 9.17) is 4.74 Å². The number of morpholine rings is 1. The second-order valence-corrected chi connectivity index (χ2v) is 6.77. The molecule has 124 valence electrons. The maximum Gasteiger partial charge on any atom is 0.255 e. The highest BCUT2D eigenvalue weighted by Gasteiger charge is 2.40. The minimum absolute atomic E-state index is 0.0279. The lowest BCUT2D eigenvalue weighted by Crippen LogP contribution is -2.57. The third kappa shape index (κ3) is 2.99. The molecule has 1 atom stereocenters. The Morgan fingerprint density at radius 2 is 2.09 bits per heavy atom. The van der Waals surface area contributed by atoms with Gasteiger partial charge in [-0.05, 0) is 18.6 Å². The summed E-state index contributed by atoms with van der Waals surface area (Å²) in [6.45, 7) is 4.78. The van der Waals surface area contributed by atoms with Gasteiger partial charge in [-0.25, -0.2) is 0 Å². The summed E-state index contributed by atoms with van der Waals surface area (Å²) in [5.74, 6) is 0.0279. The van der Waals surface area contributed by atoms with Gasteiger partial charge in [-0.1, -0.05) is 18.2 Å².